The molecule has 0 radical (unpaired) electrons. The Morgan fingerprint density at radius 1 is 1.38 bits per heavy atom. The van der Waals surface area contributed by atoms with Gasteiger partial charge in [0, 0.05) is 24.7 Å². The van der Waals surface area contributed by atoms with E-state index in [2.05, 4.69) is 11.2 Å². The molecule has 1 N–H and O–H groups in total. The Morgan fingerprint density at radius 2 is 2.12 bits per heavy atom. The number of aromatic nitrogens is 2. The van der Waals surface area contributed by atoms with Crippen molar-refractivity contribution in [2.45, 2.75) is 25.5 Å². The molecule has 0 saturated carbocycles. The number of likely N-dealkylation sites (tertiary alicyclic amines) is 1. The van der Waals surface area contributed by atoms with Gasteiger partial charge in [0.25, 0.3) is 0 Å². The van der Waals surface area contributed by atoms with Gasteiger partial charge in [0.15, 0.2) is 11.6 Å². The van der Waals surface area contributed by atoms with Crippen molar-refractivity contribution in [3.05, 3.63) is 47.3 Å². The number of carbonyl (C=O) groups is 1. The maximum atomic E-state index is 13.6. The number of benzene rings is 1. The summed E-state index contributed by atoms with van der Waals surface area (Å²) < 4.78 is 33.5. The predicted octanol–water partition coefficient (Wildman–Crippen LogP) is 2.93. The Bertz CT molecular complexity index is 854. The zero-order valence-electron chi connectivity index (χ0n) is 13.7. The fourth-order valence-electron chi connectivity index (χ4n) is 2.95. The van der Waals surface area contributed by atoms with Crippen LogP contribution in [0.2, 0.25) is 0 Å². The highest BCUT2D eigenvalue weighted by Crippen LogP contribution is 2.26. The molecular formula is C17H16F2N4O3. The molecule has 3 rings (SSSR count). The van der Waals surface area contributed by atoms with Gasteiger partial charge >= 0.3 is 6.09 Å². The van der Waals surface area contributed by atoms with Crippen LogP contribution < -0.4 is 4.74 Å². The molecule has 9 heteroatoms. The molecule has 0 unspecified atom stereocenters. The fourth-order valence-corrected chi connectivity index (χ4v) is 2.95. The normalized spacial score (nSPS) is 14.9. The molecule has 1 fully saturated rings. The number of hydrogen-bond acceptors (Lipinski definition) is 4. The van der Waals surface area contributed by atoms with Crippen LogP contribution in [0, 0.1) is 23.0 Å². The lowest BCUT2D eigenvalue weighted by Gasteiger charge is -2.30. The van der Waals surface area contributed by atoms with Crippen molar-refractivity contribution in [1.29, 1.82) is 5.26 Å². The van der Waals surface area contributed by atoms with Crippen LogP contribution >= 0.6 is 0 Å². The average Bonchev–Trinajstić information content (AvgIpc) is 3.04. The molecule has 7 nitrogen and oxygen atoms in total. The molecule has 1 aliphatic rings. The highest BCUT2D eigenvalue weighted by atomic mass is 19.1. The minimum atomic E-state index is -0.958. The lowest BCUT2D eigenvalue weighted by molar-refractivity contribution is 0.123. The third-order valence-electron chi connectivity index (χ3n) is 4.34. The quantitative estimate of drug-likeness (QED) is 0.903. The number of piperidine rings is 1. The van der Waals surface area contributed by atoms with Crippen LogP contribution in [-0.2, 0) is 6.61 Å². The Morgan fingerprint density at radius 3 is 2.73 bits per heavy atom. The van der Waals surface area contributed by atoms with Gasteiger partial charge in [-0.3, -0.25) is 4.68 Å². The van der Waals surface area contributed by atoms with Crippen molar-refractivity contribution in [3.63, 3.8) is 0 Å². The van der Waals surface area contributed by atoms with E-state index in [1.54, 1.807) is 4.68 Å². The van der Waals surface area contributed by atoms with E-state index in [9.17, 15) is 18.8 Å². The van der Waals surface area contributed by atoms with Crippen LogP contribution in [0.15, 0.2) is 24.4 Å². The van der Waals surface area contributed by atoms with Gasteiger partial charge < -0.3 is 14.7 Å². The second-order valence-corrected chi connectivity index (χ2v) is 5.94. The summed E-state index contributed by atoms with van der Waals surface area (Å²) in [6.07, 6.45) is 1.62. The topological polar surface area (TPSA) is 91.4 Å². The van der Waals surface area contributed by atoms with Crippen LogP contribution in [0.1, 0.15) is 30.1 Å². The van der Waals surface area contributed by atoms with Crippen LogP contribution in [0.5, 0.6) is 5.75 Å². The van der Waals surface area contributed by atoms with Crippen molar-refractivity contribution in [2.75, 3.05) is 13.1 Å². The molecule has 1 aromatic heterocycles. The van der Waals surface area contributed by atoms with E-state index in [-0.39, 0.29) is 18.4 Å². The van der Waals surface area contributed by atoms with E-state index < -0.39 is 17.7 Å². The minimum Gasteiger partial charge on any atom is -0.486 e. The molecule has 0 aliphatic carbocycles. The van der Waals surface area contributed by atoms with Crippen molar-refractivity contribution in [3.8, 4) is 11.8 Å². The lowest BCUT2D eigenvalue weighted by Crippen LogP contribution is -2.38. The largest absolute Gasteiger partial charge is 0.486 e. The monoisotopic (exact) mass is 362 g/mol. The number of nitriles is 1. The first-order valence-electron chi connectivity index (χ1n) is 8.01. The SMILES string of the molecule is N#Cc1c(COc2ccc(F)cc2F)cnn1C1CCN(C(=O)O)CC1. The third-order valence-corrected chi connectivity index (χ3v) is 4.34. The summed E-state index contributed by atoms with van der Waals surface area (Å²) in [5, 5.41) is 22.7. The van der Waals surface area contributed by atoms with Crippen molar-refractivity contribution >= 4 is 6.09 Å². The van der Waals surface area contributed by atoms with E-state index in [0.717, 1.165) is 12.1 Å². The number of amides is 1. The van der Waals surface area contributed by atoms with E-state index >= 15 is 0 Å². The minimum absolute atomic E-state index is 0.0839. The Balaban J connectivity index is 1.71. The van der Waals surface area contributed by atoms with Gasteiger partial charge in [0.05, 0.1) is 12.2 Å². The average molecular weight is 362 g/mol. The number of halogens is 2. The fraction of sp³-hybridized carbons (Fsp3) is 0.353. The number of hydrogen-bond donors (Lipinski definition) is 1. The maximum absolute atomic E-state index is 13.6. The summed E-state index contributed by atoms with van der Waals surface area (Å²) >= 11 is 0. The number of rotatable bonds is 4. The second kappa shape index (κ2) is 7.39. The Kier molecular flexibility index (Phi) is 5.02. The summed E-state index contributed by atoms with van der Waals surface area (Å²) in [7, 11) is 0. The molecule has 0 atom stereocenters. The van der Waals surface area contributed by atoms with E-state index in [1.165, 1.54) is 17.2 Å². The van der Waals surface area contributed by atoms with Gasteiger partial charge in [-0.05, 0) is 25.0 Å². The molecule has 1 aliphatic heterocycles. The Labute approximate surface area is 148 Å². The molecule has 1 aromatic carbocycles. The molecule has 26 heavy (non-hydrogen) atoms. The third kappa shape index (κ3) is 3.59. The molecule has 1 amide bonds. The Hall–Kier alpha value is -3.15. The molecule has 0 spiro atoms. The van der Waals surface area contributed by atoms with Gasteiger partial charge in [-0.1, -0.05) is 0 Å². The van der Waals surface area contributed by atoms with Gasteiger partial charge in [0.1, 0.15) is 24.2 Å². The van der Waals surface area contributed by atoms with Gasteiger partial charge in [0.2, 0.25) is 0 Å². The van der Waals surface area contributed by atoms with Crippen LogP contribution in [0.3, 0.4) is 0 Å². The first kappa shape index (κ1) is 17.7. The number of carboxylic acid groups (broad SMARTS) is 1. The zero-order valence-corrected chi connectivity index (χ0v) is 13.7. The van der Waals surface area contributed by atoms with Gasteiger partial charge in [-0.15, -0.1) is 0 Å². The summed E-state index contributed by atoms with van der Waals surface area (Å²) in [5.41, 5.74) is 0.776. The molecule has 2 heterocycles. The van der Waals surface area contributed by atoms with Crippen molar-refractivity contribution in [2.24, 2.45) is 0 Å². The van der Waals surface area contributed by atoms with Crippen LogP contribution in [-0.4, -0.2) is 39.0 Å². The molecule has 136 valence electrons. The molecule has 2 aromatic rings. The first-order valence-corrected chi connectivity index (χ1v) is 8.01. The highest BCUT2D eigenvalue weighted by molar-refractivity contribution is 5.65. The highest BCUT2D eigenvalue weighted by Gasteiger charge is 2.26. The molecule has 0 bridgehead atoms. The molecular weight excluding hydrogens is 346 g/mol. The van der Waals surface area contributed by atoms with Gasteiger partial charge in [-0.2, -0.15) is 10.4 Å². The smallest absolute Gasteiger partial charge is 0.407 e. The van der Waals surface area contributed by atoms with E-state index in [1.807, 2.05) is 0 Å². The van der Waals surface area contributed by atoms with Gasteiger partial charge in [-0.25, -0.2) is 13.6 Å². The zero-order chi connectivity index (χ0) is 18.7. The van der Waals surface area contributed by atoms with E-state index in [4.69, 9.17) is 9.84 Å². The van der Waals surface area contributed by atoms with Crippen molar-refractivity contribution < 1.29 is 23.4 Å². The standard InChI is InChI=1S/C17H16F2N4O3/c18-12-1-2-16(14(19)7-12)26-10-11-9-21-23(15(11)8-20)13-3-5-22(6-4-13)17(24)25/h1-2,7,9,13H,3-6,10H2,(H,24,25). The first-order chi connectivity index (χ1) is 12.5. The number of nitrogens with zero attached hydrogens (tertiary/aromatic N) is 4. The van der Waals surface area contributed by atoms with Crippen LogP contribution in [0.25, 0.3) is 0 Å². The summed E-state index contributed by atoms with van der Waals surface area (Å²) in [4.78, 5) is 12.3. The summed E-state index contributed by atoms with van der Waals surface area (Å²) in [6, 6.07) is 4.98. The second-order valence-electron chi connectivity index (χ2n) is 5.94. The summed E-state index contributed by atoms with van der Waals surface area (Å²) in [5.74, 6) is -1.64. The lowest BCUT2D eigenvalue weighted by atomic mass is 10.1. The van der Waals surface area contributed by atoms with Crippen LogP contribution in [0.4, 0.5) is 13.6 Å². The predicted molar refractivity (Wildman–Crippen MR) is 85.5 cm³/mol. The maximum Gasteiger partial charge on any atom is 0.407 e. The number of ether oxygens (including phenoxy) is 1. The van der Waals surface area contributed by atoms with Crippen molar-refractivity contribution in [1.82, 2.24) is 14.7 Å². The molecule has 1 saturated heterocycles. The summed E-state index contributed by atoms with van der Waals surface area (Å²) in [6.45, 7) is 0.661. The van der Waals surface area contributed by atoms with E-state index in [0.29, 0.717) is 37.2 Å².